The van der Waals surface area contributed by atoms with Gasteiger partial charge in [0.05, 0.1) is 6.61 Å². The molecule has 1 heterocycles. The first-order valence-electron chi connectivity index (χ1n) is 8.22. The van der Waals surface area contributed by atoms with Gasteiger partial charge < -0.3 is 15.0 Å². The van der Waals surface area contributed by atoms with Gasteiger partial charge in [-0.1, -0.05) is 26.0 Å². The van der Waals surface area contributed by atoms with Gasteiger partial charge in [0.1, 0.15) is 5.75 Å². The van der Waals surface area contributed by atoms with Crippen LogP contribution in [0.5, 0.6) is 5.75 Å². The summed E-state index contributed by atoms with van der Waals surface area (Å²) in [5.41, 5.74) is 1.34. The second-order valence-electron chi connectivity index (χ2n) is 6.74. The summed E-state index contributed by atoms with van der Waals surface area (Å²) in [5.74, 6) is 1.54. The van der Waals surface area contributed by atoms with Crippen LogP contribution in [0, 0.1) is 5.92 Å². The Labute approximate surface area is 129 Å². The molecule has 0 aromatic heterocycles. The zero-order chi connectivity index (χ0) is 15.2. The van der Waals surface area contributed by atoms with E-state index in [0.717, 1.165) is 12.4 Å². The van der Waals surface area contributed by atoms with Crippen molar-refractivity contribution in [1.29, 1.82) is 0 Å². The number of benzene rings is 1. The highest BCUT2D eigenvalue weighted by Crippen LogP contribution is 2.20. The highest BCUT2D eigenvalue weighted by atomic mass is 16.5. The third-order valence-electron chi connectivity index (χ3n) is 4.17. The fourth-order valence-electron chi connectivity index (χ4n) is 2.74. The highest BCUT2D eigenvalue weighted by molar-refractivity contribution is 5.29. The van der Waals surface area contributed by atoms with Crippen LogP contribution in [-0.4, -0.2) is 37.7 Å². The fraction of sp³-hybridized carbons (Fsp3) is 0.667. The maximum absolute atomic E-state index is 5.74. The fourth-order valence-corrected chi connectivity index (χ4v) is 2.74. The Hall–Kier alpha value is -1.06. The Bertz CT molecular complexity index is 408. The second kappa shape index (κ2) is 7.81. The van der Waals surface area contributed by atoms with Gasteiger partial charge in [-0.15, -0.1) is 0 Å². The smallest absolute Gasteiger partial charge is 0.119 e. The molecule has 0 spiro atoms. The minimum atomic E-state index is 0.401. The summed E-state index contributed by atoms with van der Waals surface area (Å²) in [5, 5.41) is 3.76. The molecule has 2 rings (SSSR count). The summed E-state index contributed by atoms with van der Waals surface area (Å²) in [6.45, 7) is 9.77. The van der Waals surface area contributed by atoms with Crippen molar-refractivity contribution >= 4 is 0 Å². The largest absolute Gasteiger partial charge is 0.493 e. The lowest BCUT2D eigenvalue weighted by Crippen LogP contribution is -2.41. The van der Waals surface area contributed by atoms with E-state index < -0.39 is 0 Å². The maximum atomic E-state index is 5.74. The molecule has 118 valence electrons. The van der Waals surface area contributed by atoms with E-state index in [9.17, 15) is 0 Å². The molecule has 1 N–H and O–H groups in total. The van der Waals surface area contributed by atoms with Gasteiger partial charge in [-0.3, -0.25) is 0 Å². The van der Waals surface area contributed by atoms with Crippen LogP contribution in [0.3, 0.4) is 0 Å². The average Bonchev–Trinajstić information content (AvgIpc) is 2.48. The van der Waals surface area contributed by atoms with Gasteiger partial charge in [-0.25, -0.2) is 0 Å². The molecular formula is C18H30N2O. The van der Waals surface area contributed by atoms with Crippen molar-refractivity contribution in [2.75, 3.05) is 26.7 Å². The molecule has 1 aliphatic rings. The third-order valence-corrected chi connectivity index (χ3v) is 4.17. The first-order chi connectivity index (χ1) is 10.0. The highest BCUT2D eigenvalue weighted by Gasteiger charge is 2.18. The summed E-state index contributed by atoms with van der Waals surface area (Å²) < 4.78 is 5.74. The summed E-state index contributed by atoms with van der Waals surface area (Å²) in [6.07, 6.45) is 2.49. The van der Waals surface area contributed by atoms with Crippen molar-refractivity contribution in [3.05, 3.63) is 29.8 Å². The van der Waals surface area contributed by atoms with E-state index in [1.54, 1.807) is 0 Å². The third kappa shape index (κ3) is 5.33. The van der Waals surface area contributed by atoms with Crippen LogP contribution < -0.4 is 10.1 Å². The number of hydrogen-bond donors (Lipinski definition) is 1. The molecule has 0 saturated carbocycles. The van der Waals surface area contributed by atoms with Gasteiger partial charge in [0.15, 0.2) is 0 Å². The first-order valence-corrected chi connectivity index (χ1v) is 8.22. The molecular weight excluding hydrogens is 260 g/mol. The molecule has 1 aliphatic heterocycles. The normalized spacial score (nSPS) is 18.9. The van der Waals surface area contributed by atoms with Gasteiger partial charge in [-0.2, -0.15) is 0 Å². The van der Waals surface area contributed by atoms with Gasteiger partial charge in [-0.05, 0) is 63.5 Å². The topological polar surface area (TPSA) is 24.5 Å². The lowest BCUT2D eigenvalue weighted by molar-refractivity contribution is 0.226. The van der Waals surface area contributed by atoms with Crippen LogP contribution in [0.4, 0.5) is 0 Å². The molecule has 1 fully saturated rings. The molecule has 3 nitrogen and oxygen atoms in total. The molecule has 0 aliphatic carbocycles. The molecule has 0 radical (unpaired) electrons. The van der Waals surface area contributed by atoms with Gasteiger partial charge in [0, 0.05) is 12.1 Å². The number of likely N-dealkylation sites (tertiary alicyclic amines) is 1. The van der Waals surface area contributed by atoms with E-state index in [1.165, 1.54) is 31.5 Å². The molecule has 1 aromatic carbocycles. The zero-order valence-electron chi connectivity index (χ0n) is 13.9. The Balaban J connectivity index is 1.83. The summed E-state index contributed by atoms with van der Waals surface area (Å²) >= 11 is 0. The van der Waals surface area contributed by atoms with Gasteiger partial charge in [0.2, 0.25) is 0 Å². The Kier molecular flexibility index (Phi) is 6.07. The molecule has 0 amide bonds. The Morgan fingerprint density at radius 1 is 1.14 bits per heavy atom. The van der Waals surface area contributed by atoms with E-state index in [0.29, 0.717) is 18.0 Å². The molecule has 21 heavy (non-hydrogen) atoms. The zero-order valence-corrected chi connectivity index (χ0v) is 13.9. The SMILES string of the molecule is CC(C)COc1ccc(C(C)NC2CCN(C)CC2)cc1. The lowest BCUT2D eigenvalue weighted by Gasteiger charge is -2.31. The number of hydrogen-bond acceptors (Lipinski definition) is 3. The van der Waals surface area contributed by atoms with E-state index in [2.05, 4.69) is 62.3 Å². The van der Waals surface area contributed by atoms with Crippen molar-refractivity contribution in [2.45, 2.75) is 45.7 Å². The van der Waals surface area contributed by atoms with Crippen molar-refractivity contribution in [1.82, 2.24) is 10.2 Å². The predicted octanol–water partition coefficient (Wildman–Crippen LogP) is 3.47. The van der Waals surface area contributed by atoms with Crippen molar-refractivity contribution < 1.29 is 4.74 Å². The van der Waals surface area contributed by atoms with Crippen LogP contribution in [0.15, 0.2) is 24.3 Å². The summed E-state index contributed by atoms with van der Waals surface area (Å²) in [6, 6.07) is 9.59. The van der Waals surface area contributed by atoms with Crippen molar-refractivity contribution in [3.8, 4) is 5.75 Å². The molecule has 1 atom stereocenters. The van der Waals surface area contributed by atoms with Crippen LogP contribution in [-0.2, 0) is 0 Å². The number of nitrogens with one attached hydrogen (secondary N) is 1. The van der Waals surface area contributed by atoms with Crippen LogP contribution in [0.1, 0.15) is 45.2 Å². The minimum absolute atomic E-state index is 0.401. The summed E-state index contributed by atoms with van der Waals surface area (Å²) in [4.78, 5) is 2.41. The van der Waals surface area contributed by atoms with E-state index in [4.69, 9.17) is 4.74 Å². The first kappa shape index (κ1) is 16.3. The van der Waals surface area contributed by atoms with Gasteiger partial charge >= 0.3 is 0 Å². The number of nitrogens with zero attached hydrogens (tertiary/aromatic N) is 1. The van der Waals surface area contributed by atoms with Crippen LogP contribution >= 0.6 is 0 Å². The molecule has 3 heteroatoms. The monoisotopic (exact) mass is 290 g/mol. The average molecular weight is 290 g/mol. The molecule has 1 saturated heterocycles. The Morgan fingerprint density at radius 3 is 2.33 bits per heavy atom. The second-order valence-corrected chi connectivity index (χ2v) is 6.74. The molecule has 1 aromatic rings. The standard InChI is InChI=1S/C18H30N2O/c1-14(2)13-21-18-7-5-16(6-8-18)15(3)19-17-9-11-20(4)12-10-17/h5-8,14-15,17,19H,9-13H2,1-4H3. The summed E-state index contributed by atoms with van der Waals surface area (Å²) in [7, 11) is 2.20. The van der Waals surface area contributed by atoms with E-state index in [-0.39, 0.29) is 0 Å². The van der Waals surface area contributed by atoms with E-state index >= 15 is 0 Å². The number of piperidine rings is 1. The number of rotatable bonds is 6. The van der Waals surface area contributed by atoms with Crippen molar-refractivity contribution in [2.24, 2.45) is 5.92 Å². The number of ether oxygens (including phenoxy) is 1. The van der Waals surface area contributed by atoms with Crippen LogP contribution in [0.2, 0.25) is 0 Å². The molecule has 1 unspecified atom stereocenters. The van der Waals surface area contributed by atoms with Gasteiger partial charge in [0.25, 0.3) is 0 Å². The Morgan fingerprint density at radius 2 is 1.76 bits per heavy atom. The lowest BCUT2D eigenvalue weighted by atomic mass is 10.0. The maximum Gasteiger partial charge on any atom is 0.119 e. The van der Waals surface area contributed by atoms with Crippen LogP contribution in [0.25, 0.3) is 0 Å². The predicted molar refractivity (Wildman–Crippen MR) is 88.8 cm³/mol. The van der Waals surface area contributed by atoms with E-state index in [1.807, 2.05) is 0 Å². The minimum Gasteiger partial charge on any atom is -0.493 e. The molecule has 0 bridgehead atoms. The van der Waals surface area contributed by atoms with Crippen molar-refractivity contribution in [3.63, 3.8) is 0 Å². The quantitative estimate of drug-likeness (QED) is 0.868.